The summed E-state index contributed by atoms with van der Waals surface area (Å²) in [7, 11) is 0. The Morgan fingerprint density at radius 1 is 1.18 bits per heavy atom. The van der Waals surface area contributed by atoms with Gasteiger partial charge < -0.3 is 4.74 Å². The summed E-state index contributed by atoms with van der Waals surface area (Å²) in [6.07, 6.45) is 8.90. The van der Waals surface area contributed by atoms with Crippen LogP contribution in [0.15, 0.2) is 0 Å². The van der Waals surface area contributed by atoms with Gasteiger partial charge in [0.25, 0.3) is 6.26 Å². The molecule has 2 heteroatoms. The molecule has 0 bridgehead atoms. The van der Waals surface area contributed by atoms with Crippen LogP contribution in [0.25, 0.3) is 0 Å². The monoisotopic (exact) mass is 153 g/mol. The van der Waals surface area contributed by atoms with Gasteiger partial charge in [-0.05, 0) is 32.6 Å². The first-order valence-electron chi connectivity index (χ1n) is 4.34. The molecule has 0 aromatic rings. The minimum Gasteiger partial charge on any atom is -0.421 e. The van der Waals surface area contributed by atoms with Crippen molar-refractivity contribution in [1.82, 2.24) is 0 Å². The Kier molecular flexibility index (Phi) is 2.76. The van der Waals surface area contributed by atoms with Gasteiger partial charge >= 0.3 is 0 Å². The van der Waals surface area contributed by atoms with Crippen LogP contribution in [0.3, 0.4) is 0 Å². The SMILES string of the molecule is CC1(OC#N)CCCCCC1. The van der Waals surface area contributed by atoms with Gasteiger partial charge in [0.15, 0.2) is 0 Å². The maximum Gasteiger partial charge on any atom is 0.286 e. The van der Waals surface area contributed by atoms with E-state index in [4.69, 9.17) is 10.00 Å². The largest absolute Gasteiger partial charge is 0.421 e. The lowest BCUT2D eigenvalue weighted by molar-refractivity contribution is 0.0384. The summed E-state index contributed by atoms with van der Waals surface area (Å²) < 4.78 is 5.06. The molecule has 2 nitrogen and oxygen atoms in total. The maximum absolute atomic E-state index is 8.40. The minimum atomic E-state index is -0.148. The summed E-state index contributed by atoms with van der Waals surface area (Å²) in [6, 6.07) is 0. The van der Waals surface area contributed by atoms with Crippen molar-refractivity contribution in [3.8, 4) is 6.26 Å². The molecular formula is C9H15NO. The van der Waals surface area contributed by atoms with Crippen LogP contribution in [0.1, 0.15) is 45.4 Å². The fourth-order valence-corrected chi connectivity index (χ4v) is 1.69. The van der Waals surface area contributed by atoms with Gasteiger partial charge in [-0.15, -0.1) is 0 Å². The topological polar surface area (TPSA) is 33.0 Å². The third-order valence-electron chi connectivity index (χ3n) is 2.45. The zero-order valence-corrected chi connectivity index (χ0v) is 7.10. The molecule has 11 heavy (non-hydrogen) atoms. The summed E-state index contributed by atoms with van der Waals surface area (Å²) in [6.45, 7) is 2.04. The van der Waals surface area contributed by atoms with E-state index in [1.54, 1.807) is 6.26 Å². The van der Waals surface area contributed by atoms with Gasteiger partial charge in [-0.3, -0.25) is 0 Å². The predicted octanol–water partition coefficient (Wildman–Crippen LogP) is 2.60. The molecule has 0 N–H and O–H groups in total. The second-order valence-electron chi connectivity index (χ2n) is 3.56. The van der Waals surface area contributed by atoms with E-state index in [1.807, 2.05) is 6.92 Å². The van der Waals surface area contributed by atoms with Crippen molar-refractivity contribution < 1.29 is 4.74 Å². The van der Waals surface area contributed by atoms with E-state index in [9.17, 15) is 0 Å². The average molecular weight is 153 g/mol. The molecule has 0 spiro atoms. The first-order valence-corrected chi connectivity index (χ1v) is 4.34. The number of nitriles is 1. The molecule has 0 unspecified atom stereocenters. The molecule has 0 aromatic carbocycles. The Balaban J connectivity index is 2.46. The molecule has 0 heterocycles. The molecule has 0 amide bonds. The Hall–Kier alpha value is -0.710. The molecule has 0 aromatic heterocycles. The van der Waals surface area contributed by atoms with Gasteiger partial charge in [0.2, 0.25) is 0 Å². The van der Waals surface area contributed by atoms with E-state index in [2.05, 4.69) is 0 Å². The van der Waals surface area contributed by atoms with Gasteiger partial charge in [-0.25, -0.2) is 0 Å². The lowest BCUT2D eigenvalue weighted by atomic mass is 9.97. The zero-order valence-electron chi connectivity index (χ0n) is 7.10. The minimum absolute atomic E-state index is 0.148. The van der Waals surface area contributed by atoms with Crippen molar-refractivity contribution in [3.63, 3.8) is 0 Å². The quantitative estimate of drug-likeness (QED) is 0.428. The molecule has 0 atom stereocenters. The van der Waals surface area contributed by atoms with Crippen LogP contribution >= 0.6 is 0 Å². The Labute approximate surface area is 68.2 Å². The summed E-state index contributed by atoms with van der Waals surface area (Å²) in [5, 5.41) is 8.40. The van der Waals surface area contributed by atoms with Crippen LogP contribution in [0.5, 0.6) is 0 Å². The highest BCUT2D eigenvalue weighted by Crippen LogP contribution is 2.29. The predicted molar refractivity (Wildman–Crippen MR) is 42.8 cm³/mol. The molecule has 1 rings (SSSR count). The molecule has 0 aliphatic heterocycles. The van der Waals surface area contributed by atoms with Gasteiger partial charge in [0.05, 0.1) is 0 Å². The lowest BCUT2D eigenvalue weighted by Crippen LogP contribution is -2.25. The van der Waals surface area contributed by atoms with Crippen LogP contribution in [-0.4, -0.2) is 5.60 Å². The van der Waals surface area contributed by atoms with Crippen molar-refractivity contribution in [2.45, 2.75) is 51.0 Å². The molecule has 1 fully saturated rings. The van der Waals surface area contributed by atoms with Crippen molar-refractivity contribution >= 4 is 0 Å². The molecular weight excluding hydrogens is 138 g/mol. The van der Waals surface area contributed by atoms with Crippen molar-refractivity contribution in [3.05, 3.63) is 0 Å². The average Bonchev–Trinajstić information content (AvgIpc) is 2.15. The van der Waals surface area contributed by atoms with Gasteiger partial charge in [0, 0.05) is 0 Å². The number of hydrogen-bond acceptors (Lipinski definition) is 2. The van der Waals surface area contributed by atoms with Crippen LogP contribution in [0, 0.1) is 11.5 Å². The van der Waals surface area contributed by atoms with Crippen molar-refractivity contribution in [2.75, 3.05) is 0 Å². The van der Waals surface area contributed by atoms with E-state index in [0.29, 0.717) is 0 Å². The number of nitrogens with zero attached hydrogens (tertiary/aromatic N) is 1. The van der Waals surface area contributed by atoms with Crippen molar-refractivity contribution in [2.24, 2.45) is 0 Å². The second-order valence-corrected chi connectivity index (χ2v) is 3.56. The maximum atomic E-state index is 8.40. The fraction of sp³-hybridized carbons (Fsp3) is 0.889. The fourth-order valence-electron chi connectivity index (χ4n) is 1.69. The van der Waals surface area contributed by atoms with Gasteiger partial charge in [-0.1, -0.05) is 12.8 Å². The normalized spacial score (nSPS) is 23.3. The third-order valence-corrected chi connectivity index (χ3v) is 2.45. The Morgan fingerprint density at radius 2 is 1.73 bits per heavy atom. The first kappa shape index (κ1) is 8.39. The summed E-state index contributed by atoms with van der Waals surface area (Å²) in [4.78, 5) is 0. The molecule has 1 saturated carbocycles. The molecule has 0 radical (unpaired) electrons. The van der Waals surface area contributed by atoms with E-state index in [-0.39, 0.29) is 5.60 Å². The highest BCUT2D eigenvalue weighted by atomic mass is 16.5. The number of ether oxygens (including phenoxy) is 1. The van der Waals surface area contributed by atoms with E-state index < -0.39 is 0 Å². The lowest BCUT2D eigenvalue weighted by Gasteiger charge is -2.23. The Morgan fingerprint density at radius 3 is 2.18 bits per heavy atom. The summed E-state index contributed by atoms with van der Waals surface area (Å²) in [5.74, 6) is 0. The highest BCUT2D eigenvalue weighted by molar-refractivity contribution is 4.80. The standard InChI is InChI=1S/C9H15NO/c1-9(11-8-10)6-4-2-3-5-7-9/h2-7H2,1H3. The van der Waals surface area contributed by atoms with Crippen molar-refractivity contribution in [1.29, 1.82) is 5.26 Å². The van der Waals surface area contributed by atoms with Crippen LogP contribution in [0.4, 0.5) is 0 Å². The van der Waals surface area contributed by atoms with E-state index in [0.717, 1.165) is 12.8 Å². The Bertz CT molecular complexity index is 151. The highest BCUT2D eigenvalue weighted by Gasteiger charge is 2.26. The van der Waals surface area contributed by atoms with Crippen LogP contribution in [0.2, 0.25) is 0 Å². The van der Waals surface area contributed by atoms with Gasteiger partial charge in [-0.2, -0.15) is 5.26 Å². The molecule has 1 aliphatic rings. The van der Waals surface area contributed by atoms with Gasteiger partial charge in [0.1, 0.15) is 5.60 Å². The van der Waals surface area contributed by atoms with E-state index in [1.165, 1.54) is 25.7 Å². The number of hydrogen-bond donors (Lipinski definition) is 0. The van der Waals surface area contributed by atoms with Crippen LogP contribution < -0.4 is 0 Å². The second kappa shape index (κ2) is 3.61. The summed E-state index contributed by atoms with van der Waals surface area (Å²) >= 11 is 0. The first-order chi connectivity index (χ1) is 5.27. The van der Waals surface area contributed by atoms with Crippen LogP contribution in [-0.2, 0) is 4.74 Å². The number of rotatable bonds is 1. The van der Waals surface area contributed by atoms with E-state index >= 15 is 0 Å². The smallest absolute Gasteiger partial charge is 0.286 e. The molecule has 62 valence electrons. The third kappa shape index (κ3) is 2.42. The molecule has 1 aliphatic carbocycles. The molecule has 0 saturated heterocycles. The summed E-state index contributed by atoms with van der Waals surface area (Å²) in [5.41, 5.74) is -0.148. The zero-order chi connectivity index (χ0) is 8.16.